The molecule has 0 saturated carbocycles. The first-order chi connectivity index (χ1) is 18.5. The highest BCUT2D eigenvalue weighted by Gasteiger charge is 2.14. The van der Waals surface area contributed by atoms with E-state index >= 15 is 0 Å². The van der Waals surface area contributed by atoms with E-state index in [4.69, 9.17) is 38.3 Å². The average Bonchev–Trinajstić information content (AvgIpc) is 2.92. The van der Waals surface area contributed by atoms with E-state index in [0.717, 1.165) is 5.56 Å². The first kappa shape index (κ1) is 32.9. The van der Waals surface area contributed by atoms with Crippen LogP contribution in [0.3, 0.4) is 0 Å². The molecule has 13 nitrogen and oxygen atoms in total. The van der Waals surface area contributed by atoms with Gasteiger partial charge in [-0.3, -0.25) is 9.59 Å². The van der Waals surface area contributed by atoms with Crippen LogP contribution in [0.5, 0.6) is 0 Å². The van der Waals surface area contributed by atoms with E-state index in [0.29, 0.717) is 66.0 Å². The third kappa shape index (κ3) is 20.0. The second-order valence-corrected chi connectivity index (χ2v) is 7.50. The Labute approximate surface area is 221 Å². The van der Waals surface area contributed by atoms with Crippen LogP contribution >= 0.6 is 0 Å². The number of aliphatic carboxylic acids is 1. The van der Waals surface area contributed by atoms with Gasteiger partial charge in [0.15, 0.2) is 0 Å². The third-order valence-corrected chi connectivity index (χ3v) is 4.50. The number of esters is 1. The van der Waals surface area contributed by atoms with Gasteiger partial charge in [0.05, 0.1) is 72.5 Å². The molecule has 0 heterocycles. The molecule has 1 aromatic rings. The van der Waals surface area contributed by atoms with Crippen LogP contribution in [0.25, 0.3) is 0 Å². The summed E-state index contributed by atoms with van der Waals surface area (Å²) in [6, 6.07) is 9.42. The predicted octanol–water partition coefficient (Wildman–Crippen LogP) is 0.973. The fraction of sp³-hybridized carbons (Fsp3) is 0.600. The Bertz CT molecular complexity index is 790. The average molecular weight is 544 g/mol. The first-order valence-electron chi connectivity index (χ1n) is 12.2. The molecular formula is C25H37NO12. The van der Waals surface area contributed by atoms with Gasteiger partial charge in [0, 0.05) is 13.0 Å². The number of alkyl carbamates (subject to hydrolysis) is 1. The molecule has 0 aromatic heterocycles. The van der Waals surface area contributed by atoms with Crippen molar-refractivity contribution in [1.82, 2.24) is 5.32 Å². The van der Waals surface area contributed by atoms with Gasteiger partial charge in [-0.25, -0.2) is 9.59 Å². The number of carboxylic acid groups (broad SMARTS) is 1. The molecule has 214 valence electrons. The van der Waals surface area contributed by atoms with E-state index in [1.165, 1.54) is 0 Å². The van der Waals surface area contributed by atoms with Crippen molar-refractivity contribution in [2.45, 2.75) is 19.4 Å². The minimum Gasteiger partial charge on any atom is -0.476 e. The molecule has 0 atom stereocenters. The van der Waals surface area contributed by atoms with Gasteiger partial charge < -0.3 is 43.6 Å². The van der Waals surface area contributed by atoms with Crippen LogP contribution in [0.4, 0.5) is 4.79 Å². The molecule has 0 radical (unpaired) electrons. The van der Waals surface area contributed by atoms with E-state index in [1.54, 1.807) is 0 Å². The van der Waals surface area contributed by atoms with E-state index in [9.17, 15) is 19.2 Å². The largest absolute Gasteiger partial charge is 0.476 e. The van der Waals surface area contributed by atoms with E-state index in [-0.39, 0.29) is 32.7 Å². The lowest BCUT2D eigenvalue weighted by atomic mass is 10.2. The minimum atomic E-state index is -1.57. The van der Waals surface area contributed by atoms with E-state index in [1.807, 2.05) is 30.3 Å². The molecule has 0 aliphatic carbocycles. The number of hydrogen-bond acceptors (Lipinski definition) is 11. The van der Waals surface area contributed by atoms with Crippen LogP contribution in [-0.4, -0.2) is 108 Å². The molecule has 0 saturated heterocycles. The van der Waals surface area contributed by atoms with E-state index in [2.05, 4.69) is 5.32 Å². The Morgan fingerprint density at radius 1 is 0.632 bits per heavy atom. The lowest BCUT2D eigenvalue weighted by Crippen LogP contribution is -2.28. The lowest BCUT2D eigenvalue weighted by Gasteiger charge is -2.09. The van der Waals surface area contributed by atoms with Crippen LogP contribution in [0, 0.1) is 0 Å². The minimum absolute atomic E-state index is 0.00889. The van der Waals surface area contributed by atoms with Gasteiger partial charge in [-0.05, 0) is 5.56 Å². The Balaban J connectivity index is 1.74. The number of ether oxygens (including phenoxy) is 7. The monoisotopic (exact) mass is 543 g/mol. The molecule has 1 amide bonds. The summed E-state index contributed by atoms with van der Waals surface area (Å²) in [7, 11) is 0. The Hall–Kier alpha value is -3.10. The molecule has 0 fully saturated rings. The van der Waals surface area contributed by atoms with Gasteiger partial charge in [0.1, 0.15) is 13.2 Å². The van der Waals surface area contributed by atoms with Crippen molar-refractivity contribution in [2.75, 3.05) is 79.2 Å². The second kappa shape index (κ2) is 23.0. The normalized spacial score (nSPS) is 10.6. The molecule has 0 bridgehead atoms. The maximum absolute atomic E-state index is 11.6. The smallest absolute Gasteiger partial charge is 0.407 e. The fourth-order valence-corrected chi connectivity index (χ4v) is 2.59. The number of carboxylic acids is 1. The Morgan fingerprint density at radius 3 is 1.66 bits per heavy atom. The molecular weight excluding hydrogens is 506 g/mol. The summed E-state index contributed by atoms with van der Waals surface area (Å²) < 4.78 is 36.6. The number of ketones is 1. The van der Waals surface area contributed by atoms with Crippen LogP contribution in [-0.2, 0) is 54.1 Å². The molecule has 1 rings (SSSR count). The van der Waals surface area contributed by atoms with Gasteiger partial charge in [-0.2, -0.15) is 0 Å². The first-order valence-corrected chi connectivity index (χ1v) is 12.2. The number of hydrogen-bond donors (Lipinski definition) is 2. The molecule has 0 aliphatic rings. The highest BCUT2D eigenvalue weighted by atomic mass is 16.6. The van der Waals surface area contributed by atoms with Crippen molar-refractivity contribution in [3.8, 4) is 0 Å². The highest BCUT2D eigenvalue weighted by molar-refractivity contribution is 6.32. The molecule has 0 aliphatic heterocycles. The summed E-state index contributed by atoms with van der Waals surface area (Å²) in [5.74, 6) is -3.25. The Morgan fingerprint density at radius 2 is 1.13 bits per heavy atom. The van der Waals surface area contributed by atoms with Gasteiger partial charge in [0.2, 0.25) is 5.78 Å². The standard InChI is InChI=1S/C25H37NO12/c27-22(24(29)30)6-7-23(28)37-19-18-36-17-16-35-15-14-34-13-12-33-11-10-32-9-8-26-25(31)38-20-21-4-2-1-3-5-21/h1-5H,6-20H2,(H,26,31)(H,29,30). The van der Waals surface area contributed by atoms with Gasteiger partial charge >= 0.3 is 18.0 Å². The highest BCUT2D eigenvalue weighted by Crippen LogP contribution is 2.00. The van der Waals surface area contributed by atoms with Gasteiger partial charge in [-0.1, -0.05) is 30.3 Å². The van der Waals surface area contributed by atoms with Crippen LogP contribution < -0.4 is 5.32 Å². The van der Waals surface area contributed by atoms with Crippen molar-refractivity contribution in [2.24, 2.45) is 0 Å². The molecule has 13 heteroatoms. The number of rotatable bonds is 24. The number of amides is 1. The zero-order chi connectivity index (χ0) is 27.7. The Kier molecular flexibility index (Phi) is 20.0. The second-order valence-electron chi connectivity index (χ2n) is 7.50. The number of Topliss-reactive ketones (excluding diaryl/α,β-unsaturated/α-hetero) is 1. The van der Waals surface area contributed by atoms with Crippen molar-refractivity contribution < 1.29 is 57.4 Å². The predicted molar refractivity (Wildman–Crippen MR) is 132 cm³/mol. The molecule has 2 N–H and O–H groups in total. The number of nitrogens with one attached hydrogen (secondary N) is 1. The summed E-state index contributed by atoms with van der Waals surface area (Å²) in [4.78, 5) is 44.1. The number of carbonyl (C=O) groups excluding carboxylic acids is 3. The van der Waals surface area contributed by atoms with E-state index < -0.39 is 23.8 Å². The lowest BCUT2D eigenvalue weighted by molar-refractivity contribution is -0.151. The van der Waals surface area contributed by atoms with Crippen molar-refractivity contribution in [3.05, 3.63) is 35.9 Å². The summed E-state index contributed by atoms with van der Waals surface area (Å²) >= 11 is 0. The van der Waals surface area contributed by atoms with Crippen LogP contribution in [0.1, 0.15) is 18.4 Å². The van der Waals surface area contributed by atoms with Crippen molar-refractivity contribution >= 4 is 23.8 Å². The summed E-state index contributed by atoms with van der Waals surface area (Å²) in [6.07, 6.45) is -1.16. The number of carbonyl (C=O) groups is 4. The summed E-state index contributed by atoms with van der Waals surface area (Å²) in [6.45, 7) is 4.16. The SMILES string of the molecule is O=C(CCC(=O)C(=O)O)OCCOCCOCCOCCOCCOCCNC(=O)OCc1ccccc1. The maximum Gasteiger partial charge on any atom is 0.407 e. The molecule has 0 spiro atoms. The van der Waals surface area contributed by atoms with Gasteiger partial charge in [-0.15, -0.1) is 0 Å². The maximum atomic E-state index is 11.6. The molecule has 0 unspecified atom stereocenters. The van der Waals surface area contributed by atoms with Crippen LogP contribution in [0.2, 0.25) is 0 Å². The van der Waals surface area contributed by atoms with Crippen molar-refractivity contribution in [1.29, 1.82) is 0 Å². The summed E-state index contributed by atoms with van der Waals surface area (Å²) in [5.41, 5.74) is 0.920. The molecule has 1 aromatic carbocycles. The summed E-state index contributed by atoms with van der Waals surface area (Å²) in [5, 5.41) is 11.0. The third-order valence-electron chi connectivity index (χ3n) is 4.50. The quantitative estimate of drug-likeness (QED) is 0.108. The number of benzene rings is 1. The van der Waals surface area contributed by atoms with Gasteiger partial charge in [0.25, 0.3) is 0 Å². The fourth-order valence-electron chi connectivity index (χ4n) is 2.59. The molecule has 38 heavy (non-hydrogen) atoms. The van der Waals surface area contributed by atoms with Crippen molar-refractivity contribution in [3.63, 3.8) is 0 Å². The zero-order valence-corrected chi connectivity index (χ0v) is 21.4. The topological polar surface area (TPSA) is 165 Å². The van der Waals surface area contributed by atoms with Crippen LogP contribution in [0.15, 0.2) is 30.3 Å². The zero-order valence-electron chi connectivity index (χ0n) is 21.4.